The Bertz CT molecular complexity index is 1770. The summed E-state index contributed by atoms with van der Waals surface area (Å²) in [5, 5.41) is 1.06. The predicted molar refractivity (Wildman–Crippen MR) is 213 cm³/mol. The van der Waals surface area contributed by atoms with E-state index in [4.69, 9.17) is 0 Å². The van der Waals surface area contributed by atoms with Gasteiger partial charge in [0.15, 0.2) is 0 Å². The Morgan fingerprint density at radius 2 is 0.820 bits per heavy atom. The van der Waals surface area contributed by atoms with Crippen molar-refractivity contribution in [2.75, 3.05) is 0 Å². The fraction of sp³-hybridized carbons (Fsp3) is 0.167. The van der Waals surface area contributed by atoms with Crippen LogP contribution in [-0.4, -0.2) is 10.3 Å². The van der Waals surface area contributed by atoms with Gasteiger partial charge in [-0.15, -0.1) is 5.30 Å². The topological polar surface area (TPSA) is 0 Å². The first-order valence-corrected chi connectivity index (χ1v) is 18.7. The van der Waals surface area contributed by atoms with Gasteiger partial charge in [0.2, 0.25) is 0 Å². The van der Waals surface area contributed by atoms with E-state index >= 15 is 0 Å². The van der Waals surface area contributed by atoms with Crippen molar-refractivity contribution in [3.05, 3.63) is 234 Å². The van der Waals surface area contributed by atoms with Gasteiger partial charge in [-0.1, -0.05) is 187 Å². The van der Waals surface area contributed by atoms with Crippen LogP contribution >= 0.6 is 7.92 Å². The van der Waals surface area contributed by atoms with Crippen molar-refractivity contribution in [3.63, 3.8) is 0 Å². The maximum atomic E-state index is 2.62. The molecule has 0 radical (unpaired) electrons. The van der Waals surface area contributed by atoms with E-state index in [1.807, 2.05) is 30.3 Å². The van der Waals surface area contributed by atoms with Gasteiger partial charge in [-0.25, -0.2) is 24.3 Å². The fourth-order valence-electron chi connectivity index (χ4n) is 8.27. The second-order valence-electron chi connectivity index (χ2n) is 13.9. The van der Waals surface area contributed by atoms with Gasteiger partial charge in [0.25, 0.3) is 0 Å². The molecule has 0 saturated heterocycles. The summed E-state index contributed by atoms with van der Waals surface area (Å²) in [6, 6.07) is 75.7. The summed E-state index contributed by atoms with van der Waals surface area (Å²) in [6.07, 6.45) is 0. The molecule has 0 aliphatic heterocycles. The summed E-state index contributed by atoms with van der Waals surface area (Å²) in [5.74, 6) is 0.0748. The minimum atomic E-state index is -0.851. The Labute approximate surface area is 312 Å². The molecule has 0 aliphatic carbocycles. The van der Waals surface area contributed by atoms with Gasteiger partial charge in [0.05, 0.1) is 5.41 Å². The average Bonchev–Trinajstić information content (AvgIpc) is 3.89. The van der Waals surface area contributed by atoms with Crippen LogP contribution in [0, 0.1) is 0 Å². The van der Waals surface area contributed by atoms with Crippen LogP contribution in [0.5, 0.6) is 0 Å². The molecule has 0 amide bonds. The largest absolute Gasteiger partial charge is 2.00 e. The molecule has 0 nitrogen and oxygen atoms in total. The Hall–Kier alpha value is -4.25. The zero-order chi connectivity index (χ0) is 34.2. The maximum absolute atomic E-state index is 2.62. The van der Waals surface area contributed by atoms with Crippen molar-refractivity contribution >= 4 is 13.2 Å². The van der Waals surface area contributed by atoms with E-state index < -0.39 is 13.3 Å². The van der Waals surface area contributed by atoms with E-state index in [1.165, 1.54) is 33.1 Å². The molecule has 0 N–H and O–H groups in total. The molecular weight excluding hydrogens is 663 g/mol. The normalized spacial score (nSPS) is 13.3. The van der Waals surface area contributed by atoms with Crippen LogP contribution in [0.2, 0.25) is 0 Å². The smallest absolute Gasteiger partial charge is 0.214 e. The van der Waals surface area contributed by atoms with Crippen LogP contribution in [-0.2, 0) is 22.5 Å². The van der Waals surface area contributed by atoms with Crippen molar-refractivity contribution in [1.82, 2.24) is 0 Å². The van der Waals surface area contributed by atoms with E-state index in [-0.39, 0.29) is 33.3 Å². The molecule has 0 aromatic heterocycles. The Kier molecular flexibility index (Phi) is 12.3. The first kappa shape index (κ1) is 37.0. The minimum Gasteiger partial charge on any atom is -0.214 e. The first-order valence-electron chi connectivity index (χ1n) is 17.3. The van der Waals surface area contributed by atoms with Gasteiger partial charge in [0, 0.05) is 11.1 Å². The predicted octanol–water partition coefficient (Wildman–Crippen LogP) is 12.3. The Morgan fingerprint density at radius 3 is 1.12 bits per heavy atom. The number of hydrogen-bond donors (Lipinski definition) is 0. The van der Waals surface area contributed by atoms with E-state index in [9.17, 15) is 0 Å². The maximum Gasteiger partial charge on any atom is 2.00 e. The third-order valence-corrected chi connectivity index (χ3v) is 13.5. The van der Waals surface area contributed by atoms with Crippen molar-refractivity contribution < 1.29 is 17.1 Å². The van der Waals surface area contributed by atoms with Crippen molar-refractivity contribution in [2.45, 2.75) is 49.3 Å². The molecule has 2 atom stereocenters. The van der Waals surface area contributed by atoms with Gasteiger partial charge < -0.3 is 0 Å². The summed E-state index contributed by atoms with van der Waals surface area (Å²) in [4.78, 5) is 0. The summed E-state index contributed by atoms with van der Waals surface area (Å²) in [7, 11) is -0.851. The Morgan fingerprint density at radius 1 is 0.440 bits per heavy atom. The van der Waals surface area contributed by atoms with Crippen LogP contribution in [0.4, 0.5) is 0 Å². The number of hydrogen-bond acceptors (Lipinski definition) is 0. The second-order valence-corrected chi connectivity index (χ2v) is 17.3. The zero-order valence-corrected chi connectivity index (χ0v) is 31.5. The van der Waals surface area contributed by atoms with Crippen molar-refractivity contribution in [2.24, 2.45) is 0 Å². The first-order chi connectivity index (χ1) is 23.9. The molecule has 50 heavy (non-hydrogen) atoms. The third-order valence-electron chi connectivity index (χ3n) is 9.80. The molecule has 0 spiro atoms. The van der Waals surface area contributed by atoms with Crippen LogP contribution in [0.3, 0.4) is 0 Å². The monoisotopic (exact) mass is 710 g/mol. The molecular formula is C48H47FeP. The molecule has 0 bridgehead atoms. The van der Waals surface area contributed by atoms with Gasteiger partial charge in [-0.3, -0.25) is 0 Å². The van der Waals surface area contributed by atoms with Crippen molar-refractivity contribution in [1.29, 1.82) is 0 Å². The standard InChI is InChI=1S/C43H42P.C5H5.Fe/c1-41(2,3)44(39-32-20-21-33-39)42(4,40(34-22-10-5-11-23-34)35-24-12-6-13-25-35)43(36-26-14-7-15-27-36,37-28-16-8-17-29-37)38-30-18-9-19-31-38;1-2-4-5-3-1;/h5-33,40H,1-4H3;1-5H;/q2*-1;+2. The molecule has 0 heterocycles. The average molecular weight is 711 g/mol. The number of benzene rings is 5. The molecule has 7 rings (SSSR count). The zero-order valence-electron chi connectivity index (χ0n) is 29.5. The van der Waals surface area contributed by atoms with Crippen LogP contribution in [0.15, 0.2) is 206 Å². The SMILES string of the molecule is CC(C)(C)P(c1ccc[cH-]1)C(C)(C(c1ccccc1)c1ccccc1)C(c1ccccc1)(c1ccccc1)c1ccccc1.[Fe+2].c1cc[cH-]c1. The molecule has 252 valence electrons. The Balaban J connectivity index is 0.000000745. The second kappa shape index (κ2) is 16.6. The molecule has 7 aromatic carbocycles. The van der Waals surface area contributed by atoms with E-state index in [1.54, 1.807) is 0 Å². The van der Waals surface area contributed by atoms with Gasteiger partial charge in [-0.2, -0.15) is 30.3 Å². The quantitative estimate of drug-likeness (QED) is 0.0606. The molecule has 2 heteroatoms. The fourth-order valence-corrected chi connectivity index (χ4v) is 12.7. The van der Waals surface area contributed by atoms with Gasteiger partial charge >= 0.3 is 17.1 Å². The summed E-state index contributed by atoms with van der Waals surface area (Å²) < 4.78 is 0. The summed E-state index contributed by atoms with van der Waals surface area (Å²) in [5.41, 5.74) is 6.14. The molecule has 0 saturated carbocycles. The summed E-state index contributed by atoms with van der Waals surface area (Å²) >= 11 is 0. The molecule has 0 aliphatic rings. The molecule has 2 unspecified atom stereocenters. The number of rotatable bonds is 9. The van der Waals surface area contributed by atoms with Crippen LogP contribution in [0.1, 0.15) is 61.4 Å². The van der Waals surface area contributed by atoms with Crippen LogP contribution in [0.25, 0.3) is 0 Å². The third kappa shape index (κ3) is 7.29. The summed E-state index contributed by atoms with van der Waals surface area (Å²) in [6.45, 7) is 10.0. The van der Waals surface area contributed by atoms with E-state index in [0.29, 0.717) is 0 Å². The van der Waals surface area contributed by atoms with E-state index in [0.717, 1.165) is 0 Å². The minimum absolute atomic E-state index is 0. The van der Waals surface area contributed by atoms with Gasteiger partial charge in [0.1, 0.15) is 0 Å². The molecule has 0 fully saturated rings. The van der Waals surface area contributed by atoms with Gasteiger partial charge in [-0.05, 0) is 33.0 Å². The molecule has 7 aromatic rings. The van der Waals surface area contributed by atoms with E-state index in [2.05, 4.69) is 204 Å². The van der Waals surface area contributed by atoms with Crippen molar-refractivity contribution in [3.8, 4) is 0 Å². The van der Waals surface area contributed by atoms with Crippen LogP contribution < -0.4 is 5.30 Å².